The molecule has 0 aromatic rings. The van der Waals surface area contributed by atoms with E-state index in [1.807, 2.05) is 23.8 Å². The highest BCUT2D eigenvalue weighted by molar-refractivity contribution is 5.78. The van der Waals surface area contributed by atoms with Crippen molar-refractivity contribution in [3.05, 3.63) is 0 Å². The van der Waals surface area contributed by atoms with Gasteiger partial charge in [-0.2, -0.15) is 0 Å². The summed E-state index contributed by atoms with van der Waals surface area (Å²) in [6, 6.07) is 0.186. The van der Waals surface area contributed by atoms with Gasteiger partial charge in [0.2, 0.25) is 0 Å². The van der Waals surface area contributed by atoms with Crippen LogP contribution in [0.2, 0.25) is 0 Å². The van der Waals surface area contributed by atoms with Gasteiger partial charge in [0.05, 0.1) is 5.54 Å². The zero-order chi connectivity index (χ0) is 9.47. The smallest absolute Gasteiger partial charge is 0.320 e. The van der Waals surface area contributed by atoms with Gasteiger partial charge in [-0.05, 0) is 19.9 Å². The van der Waals surface area contributed by atoms with Gasteiger partial charge in [0.15, 0.2) is 0 Å². The van der Waals surface area contributed by atoms with Crippen LogP contribution in [0, 0.1) is 0 Å². The number of carbonyl (C=O) groups excluding carboxylic acids is 1. The minimum Gasteiger partial charge on any atom is -0.323 e. The highest BCUT2D eigenvalue weighted by Gasteiger charge is 2.48. The first-order chi connectivity index (χ1) is 6.19. The Morgan fingerprint density at radius 1 is 1.62 bits per heavy atom. The molecule has 0 aliphatic carbocycles. The average molecular weight is 183 g/mol. The van der Waals surface area contributed by atoms with Crippen LogP contribution in [0.3, 0.4) is 0 Å². The molecule has 13 heavy (non-hydrogen) atoms. The van der Waals surface area contributed by atoms with Gasteiger partial charge in [0.1, 0.15) is 0 Å². The van der Waals surface area contributed by atoms with E-state index in [9.17, 15) is 4.79 Å². The summed E-state index contributed by atoms with van der Waals surface area (Å²) >= 11 is 0. The van der Waals surface area contributed by atoms with Crippen molar-refractivity contribution in [3.63, 3.8) is 0 Å². The van der Waals surface area contributed by atoms with Crippen LogP contribution in [0.1, 0.15) is 13.3 Å². The average Bonchev–Trinajstić information content (AvgIpc) is 2.69. The van der Waals surface area contributed by atoms with E-state index in [-0.39, 0.29) is 11.6 Å². The van der Waals surface area contributed by atoms with Crippen LogP contribution < -0.4 is 5.32 Å². The molecule has 2 aliphatic rings. The van der Waals surface area contributed by atoms with Crippen molar-refractivity contribution in [1.29, 1.82) is 0 Å². The zero-order valence-electron chi connectivity index (χ0n) is 8.34. The molecule has 2 aliphatic heterocycles. The summed E-state index contributed by atoms with van der Waals surface area (Å²) in [5.74, 6) is 0. The van der Waals surface area contributed by atoms with Crippen LogP contribution in [0.25, 0.3) is 0 Å². The third-order valence-electron chi connectivity index (χ3n) is 3.36. The van der Waals surface area contributed by atoms with E-state index in [2.05, 4.69) is 5.32 Å². The van der Waals surface area contributed by atoms with Gasteiger partial charge >= 0.3 is 6.03 Å². The molecule has 0 aromatic carbocycles. The molecule has 0 saturated carbocycles. The summed E-state index contributed by atoms with van der Waals surface area (Å²) in [4.78, 5) is 15.6. The number of hydrogen-bond donors (Lipinski definition) is 1. The summed E-state index contributed by atoms with van der Waals surface area (Å²) in [6.45, 7) is 5.74. The zero-order valence-corrected chi connectivity index (χ0v) is 8.34. The standard InChI is InChI=1S/C9H17N3O/c1-3-12-7-9(4-5-10-6-9)11(2)8(12)13/h10H,3-7H2,1-2H3. The van der Waals surface area contributed by atoms with Crippen molar-refractivity contribution in [2.45, 2.75) is 18.9 Å². The van der Waals surface area contributed by atoms with E-state index in [0.29, 0.717) is 0 Å². The number of urea groups is 1. The molecule has 4 nitrogen and oxygen atoms in total. The number of nitrogens with one attached hydrogen (secondary N) is 1. The molecule has 2 amide bonds. The molecule has 0 bridgehead atoms. The lowest BCUT2D eigenvalue weighted by Crippen LogP contribution is -2.46. The monoisotopic (exact) mass is 183 g/mol. The number of hydrogen-bond acceptors (Lipinski definition) is 2. The maximum absolute atomic E-state index is 11.7. The maximum Gasteiger partial charge on any atom is 0.320 e. The van der Waals surface area contributed by atoms with Crippen LogP contribution in [-0.4, -0.2) is 54.6 Å². The molecule has 2 rings (SSSR count). The van der Waals surface area contributed by atoms with Gasteiger partial charge in [0.25, 0.3) is 0 Å². The second-order valence-corrected chi connectivity index (χ2v) is 4.01. The Hall–Kier alpha value is -0.770. The van der Waals surface area contributed by atoms with Crippen molar-refractivity contribution in [3.8, 4) is 0 Å². The van der Waals surface area contributed by atoms with Gasteiger partial charge < -0.3 is 15.1 Å². The Labute approximate surface area is 78.9 Å². The molecule has 74 valence electrons. The van der Waals surface area contributed by atoms with Gasteiger partial charge in [-0.25, -0.2) is 4.79 Å². The topological polar surface area (TPSA) is 35.6 Å². The van der Waals surface area contributed by atoms with E-state index in [0.717, 1.165) is 32.6 Å². The van der Waals surface area contributed by atoms with Crippen molar-refractivity contribution in [2.75, 3.05) is 33.2 Å². The van der Waals surface area contributed by atoms with E-state index in [1.165, 1.54) is 0 Å². The molecular formula is C9H17N3O. The van der Waals surface area contributed by atoms with Crippen LogP contribution in [0.5, 0.6) is 0 Å². The van der Waals surface area contributed by atoms with E-state index < -0.39 is 0 Å². The fraction of sp³-hybridized carbons (Fsp3) is 0.889. The molecule has 0 aromatic heterocycles. The van der Waals surface area contributed by atoms with E-state index in [1.54, 1.807) is 0 Å². The molecule has 2 fully saturated rings. The molecule has 4 heteroatoms. The van der Waals surface area contributed by atoms with E-state index in [4.69, 9.17) is 0 Å². The Kier molecular flexibility index (Phi) is 1.95. The predicted octanol–water partition coefficient (Wildman–Crippen LogP) is 0.106. The van der Waals surface area contributed by atoms with Crippen molar-refractivity contribution < 1.29 is 4.79 Å². The fourth-order valence-electron chi connectivity index (χ4n) is 2.34. The van der Waals surface area contributed by atoms with Crippen LogP contribution in [0.15, 0.2) is 0 Å². The van der Waals surface area contributed by atoms with Crippen LogP contribution in [0.4, 0.5) is 4.79 Å². The molecule has 1 unspecified atom stereocenters. The fourth-order valence-corrected chi connectivity index (χ4v) is 2.34. The minimum absolute atomic E-state index is 0.0904. The molecule has 1 spiro atoms. The van der Waals surface area contributed by atoms with Crippen molar-refractivity contribution in [2.24, 2.45) is 0 Å². The molecule has 2 heterocycles. The number of likely N-dealkylation sites (N-methyl/N-ethyl adjacent to an activating group) is 2. The Balaban J connectivity index is 2.19. The molecule has 0 radical (unpaired) electrons. The third-order valence-corrected chi connectivity index (χ3v) is 3.36. The molecule has 1 atom stereocenters. The first-order valence-corrected chi connectivity index (χ1v) is 4.93. The highest BCUT2D eigenvalue weighted by atomic mass is 16.2. The van der Waals surface area contributed by atoms with Crippen molar-refractivity contribution in [1.82, 2.24) is 15.1 Å². The first-order valence-electron chi connectivity index (χ1n) is 4.93. The number of amides is 2. The van der Waals surface area contributed by atoms with Gasteiger partial charge in [-0.1, -0.05) is 0 Å². The maximum atomic E-state index is 11.7. The summed E-state index contributed by atoms with van der Waals surface area (Å²) in [5.41, 5.74) is 0.0904. The normalized spacial score (nSPS) is 33.8. The van der Waals surface area contributed by atoms with Gasteiger partial charge in [-0.15, -0.1) is 0 Å². The Morgan fingerprint density at radius 2 is 2.38 bits per heavy atom. The number of nitrogens with zero attached hydrogens (tertiary/aromatic N) is 2. The van der Waals surface area contributed by atoms with Crippen LogP contribution >= 0.6 is 0 Å². The van der Waals surface area contributed by atoms with Crippen LogP contribution in [-0.2, 0) is 0 Å². The summed E-state index contributed by atoms with van der Waals surface area (Å²) < 4.78 is 0. The summed E-state index contributed by atoms with van der Waals surface area (Å²) in [6.07, 6.45) is 1.09. The molecule has 1 N–H and O–H groups in total. The number of carbonyl (C=O) groups is 1. The highest BCUT2D eigenvalue weighted by Crippen LogP contribution is 2.29. The molecular weight excluding hydrogens is 166 g/mol. The number of rotatable bonds is 1. The SMILES string of the molecule is CCN1CC2(CCNC2)N(C)C1=O. The Morgan fingerprint density at radius 3 is 2.85 bits per heavy atom. The quantitative estimate of drug-likeness (QED) is 0.626. The summed E-state index contributed by atoms with van der Waals surface area (Å²) in [7, 11) is 1.92. The van der Waals surface area contributed by atoms with E-state index >= 15 is 0 Å². The van der Waals surface area contributed by atoms with Crippen molar-refractivity contribution >= 4 is 6.03 Å². The lowest BCUT2D eigenvalue weighted by molar-refractivity contribution is 0.183. The minimum atomic E-state index is 0.0904. The van der Waals surface area contributed by atoms with Gasteiger partial charge in [-0.3, -0.25) is 0 Å². The first kappa shape index (κ1) is 8.81. The third kappa shape index (κ3) is 1.12. The summed E-state index contributed by atoms with van der Waals surface area (Å²) in [5, 5.41) is 3.33. The lowest BCUT2D eigenvalue weighted by atomic mass is 9.99. The van der Waals surface area contributed by atoms with Gasteiger partial charge in [0, 0.05) is 26.7 Å². The second kappa shape index (κ2) is 2.87. The predicted molar refractivity (Wildman–Crippen MR) is 50.6 cm³/mol. The molecule has 2 saturated heterocycles. The second-order valence-electron chi connectivity index (χ2n) is 4.01. The lowest BCUT2D eigenvalue weighted by Gasteiger charge is -2.28. The Bertz CT molecular complexity index is 223. The largest absolute Gasteiger partial charge is 0.323 e.